The van der Waals surface area contributed by atoms with Crippen molar-refractivity contribution in [1.29, 1.82) is 0 Å². The van der Waals surface area contributed by atoms with Crippen LogP contribution in [0.1, 0.15) is 43.7 Å². The summed E-state index contributed by atoms with van der Waals surface area (Å²) >= 11 is 18.7. The van der Waals surface area contributed by atoms with Crippen LogP contribution in [-0.2, 0) is 10.0 Å². The molecule has 0 spiro atoms. The molecular formula is C22H25Cl3N2O2S. The average Bonchev–Trinajstić information content (AvgIpc) is 3.55. The number of hydrogen-bond donors (Lipinski definition) is 1. The van der Waals surface area contributed by atoms with E-state index in [0.29, 0.717) is 27.5 Å². The van der Waals surface area contributed by atoms with E-state index in [1.165, 1.54) is 0 Å². The number of nitrogens with one attached hydrogen (secondary N) is 1. The van der Waals surface area contributed by atoms with Crippen molar-refractivity contribution in [3.05, 3.63) is 63.1 Å². The molecule has 1 N–H and O–H groups in total. The lowest BCUT2D eigenvalue weighted by Gasteiger charge is -2.42. The number of benzene rings is 2. The van der Waals surface area contributed by atoms with Crippen molar-refractivity contribution in [3.8, 4) is 0 Å². The van der Waals surface area contributed by atoms with Crippen molar-refractivity contribution in [1.82, 2.24) is 4.72 Å². The third-order valence-corrected chi connectivity index (χ3v) is 8.75. The first-order valence-corrected chi connectivity index (χ1v) is 13.0. The molecule has 0 unspecified atom stereocenters. The van der Waals surface area contributed by atoms with Crippen molar-refractivity contribution in [2.75, 3.05) is 18.0 Å². The number of sulfonamides is 1. The fourth-order valence-corrected chi connectivity index (χ4v) is 6.25. The van der Waals surface area contributed by atoms with Crippen LogP contribution in [0.25, 0.3) is 0 Å². The predicted molar refractivity (Wildman–Crippen MR) is 125 cm³/mol. The largest absolute Gasteiger partial charge is 0.364 e. The molecule has 1 aliphatic carbocycles. The van der Waals surface area contributed by atoms with E-state index in [2.05, 4.69) is 9.62 Å². The Morgan fingerprint density at radius 2 is 1.63 bits per heavy atom. The van der Waals surface area contributed by atoms with Gasteiger partial charge in [-0.1, -0.05) is 40.9 Å². The van der Waals surface area contributed by atoms with Crippen molar-refractivity contribution in [2.24, 2.45) is 5.92 Å². The van der Waals surface area contributed by atoms with Gasteiger partial charge in [-0.05, 0) is 80.0 Å². The Balaban J connectivity index is 1.50. The van der Waals surface area contributed by atoms with Crippen LogP contribution in [0.3, 0.4) is 0 Å². The van der Waals surface area contributed by atoms with Gasteiger partial charge in [0.2, 0.25) is 10.0 Å². The second-order valence-corrected chi connectivity index (χ2v) is 11.5. The second kappa shape index (κ2) is 9.25. The lowest BCUT2D eigenvalue weighted by atomic mass is 9.86. The molecule has 0 radical (unpaired) electrons. The van der Waals surface area contributed by atoms with Crippen LogP contribution in [0.4, 0.5) is 5.69 Å². The molecule has 4 rings (SSSR count). The normalized spacial score (nSPS) is 22.3. The lowest BCUT2D eigenvalue weighted by molar-refractivity contribution is 0.343. The number of nitrogens with zero attached hydrogens (tertiary/aromatic N) is 1. The maximum absolute atomic E-state index is 12.1. The van der Waals surface area contributed by atoms with E-state index >= 15 is 0 Å². The Labute approximate surface area is 193 Å². The molecule has 0 bridgehead atoms. The van der Waals surface area contributed by atoms with Gasteiger partial charge < -0.3 is 4.90 Å². The molecule has 162 valence electrons. The lowest BCUT2D eigenvalue weighted by Crippen LogP contribution is -2.40. The summed E-state index contributed by atoms with van der Waals surface area (Å²) in [6.07, 6.45) is 4.33. The molecule has 30 heavy (non-hydrogen) atoms. The molecular weight excluding hydrogens is 463 g/mol. The van der Waals surface area contributed by atoms with Gasteiger partial charge in [-0.3, -0.25) is 0 Å². The van der Waals surface area contributed by atoms with Crippen molar-refractivity contribution in [2.45, 2.75) is 43.4 Å². The van der Waals surface area contributed by atoms with Gasteiger partial charge in [0.25, 0.3) is 0 Å². The minimum atomic E-state index is -3.13. The summed E-state index contributed by atoms with van der Waals surface area (Å²) in [5.41, 5.74) is 2.14. The molecule has 0 amide bonds. The topological polar surface area (TPSA) is 49.4 Å². The molecule has 1 aliphatic heterocycles. The smallest absolute Gasteiger partial charge is 0.214 e. The van der Waals surface area contributed by atoms with Crippen LogP contribution in [0, 0.1) is 5.92 Å². The van der Waals surface area contributed by atoms with Crippen molar-refractivity contribution < 1.29 is 8.42 Å². The Kier molecular flexibility index (Phi) is 6.85. The molecule has 1 heterocycles. The van der Waals surface area contributed by atoms with E-state index in [0.717, 1.165) is 49.9 Å². The van der Waals surface area contributed by atoms with E-state index < -0.39 is 10.0 Å². The molecule has 2 atom stereocenters. The molecule has 2 fully saturated rings. The van der Waals surface area contributed by atoms with Gasteiger partial charge in [-0.15, -0.1) is 0 Å². The van der Waals surface area contributed by atoms with E-state index in [1.807, 2.05) is 36.4 Å². The summed E-state index contributed by atoms with van der Waals surface area (Å²) in [5.74, 6) is 0.393. The van der Waals surface area contributed by atoms with Crippen LogP contribution >= 0.6 is 34.8 Å². The minimum absolute atomic E-state index is 0.135. The fraction of sp³-hybridized carbons (Fsp3) is 0.455. The van der Waals surface area contributed by atoms with Crippen LogP contribution in [0.5, 0.6) is 0 Å². The van der Waals surface area contributed by atoms with E-state index in [4.69, 9.17) is 34.8 Å². The van der Waals surface area contributed by atoms with Gasteiger partial charge in [0.15, 0.2) is 0 Å². The van der Waals surface area contributed by atoms with Crippen LogP contribution in [-0.4, -0.2) is 26.8 Å². The Hall–Kier alpha value is -0.980. The number of rotatable bonds is 7. The molecule has 4 nitrogen and oxygen atoms in total. The third-order valence-electron chi connectivity index (χ3n) is 5.98. The summed E-state index contributed by atoms with van der Waals surface area (Å²) in [4.78, 5) is 2.36. The van der Waals surface area contributed by atoms with Crippen LogP contribution in [0.2, 0.25) is 15.1 Å². The second-order valence-electron chi connectivity index (χ2n) is 8.18. The van der Waals surface area contributed by atoms with Gasteiger partial charge >= 0.3 is 0 Å². The molecule has 2 aromatic rings. The minimum Gasteiger partial charge on any atom is -0.364 e. The standard InChI is InChI=1S/C22H25Cl3N2O2S/c23-16-2-5-18(6-3-16)27-14-15(11-12-26-30(28,29)19-7-8-19)1-10-22(27)20-9-4-17(24)13-21(20)25/h2-6,9,13,15,19,22,26H,1,7-8,10-12,14H2/t15-,22-/m0/s1. The highest BCUT2D eigenvalue weighted by Crippen LogP contribution is 2.41. The summed E-state index contributed by atoms with van der Waals surface area (Å²) in [5, 5.41) is 1.81. The molecule has 1 saturated heterocycles. The van der Waals surface area contributed by atoms with E-state index in [9.17, 15) is 8.42 Å². The number of hydrogen-bond acceptors (Lipinski definition) is 3. The van der Waals surface area contributed by atoms with Gasteiger partial charge in [-0.25, -0.2) is 13.1 Å². The molecule has 8 heteroatoms. The van der Waals surface area contributed by atoms with E-state index in [-0.39, 0.29) is 11.3 Å². The van der Waals surface area contributed by atoms with Crippen LogP contribution in [0.15, 0.2) is 42.5 Å². The number of piperidine rings is 1. The Morgan fingerprint density at radius 3 is 2.30 bits per heavy atom. The summed E-state index contributed by atoms with van der Waals surface area (Å²) in [6, 6.07) is 13.6. The Morgan fingerprint density at radius 1 is 0.933 bits per heavy atom. The SMILES string of the molecule is O=S(=O)(NCC[C@@H]1CC[C@@H](c2ccc(Cl)cc2Cl)N(c2ccc(Cl)cc2)C1)C1CC1. The first kappa shape index (κ1) is 22.2. The summed E-state index contributed by atoms with van der Waals surface area (Å²) in [7, 11) is -3.13. The highest BCUT2D eigenvalue weighted by atomic mass is 35.5. The summed E-state index contributed by atoms with van der Waals surface area (Å²) < 4.78 is 27.0. The third kappa shape index (κ3) is 5.25. The molecule has 0 aromatic heterocycles. The van der Waals surface area contributed by atoms with Crippen molar-refractivity contribution >= 4 is 50.5 Å². The first-order chi connectivity index (χ1) is 14.3. The van der Waals surface area contributed by atoms with Crippen molar-refractivity contribution in [3.63, 3.8) is 0 Å². The van der Waals surface area contributed by atoms with Gasteiger partial charge in [0, 0.05) is 33.8 Å². The average molecular weight is 488 g/mol. The predicted octanol–water partition coefficient (Wildman–Crippen LogP) is 6.08. The quantitative estimate of drug-likeness (QED) is 0.515. The van der Waals surface area contributed by atoms with Crippen LogP contribution < -0.4 is 9.62 Å². The zero-order chi connectivity index (χ0) is 21.3. The maximum Gasteiger partial charge on any atom is 0.214 e. The molecule has 2 aromatic carbocycles. The fourth-order valence-electron chi connectivity index (χ4n) is 4.20. The number of halogens is 3. The Bertz CT molecular complexity index is 994. The maximum atomic E-state index is 12.1. The molecule has 2 aliphatic rings. The van der Waals surface area contributed by atoms with Gasteiger partial charge in [0.1, 0.15) is 0 Å². The zero-order valence-electron chi connectivity index (χ0n) is 16.5. The first-order valence-electron chi connectivity index (χ1n) is 10.3. The van der Waals surface area contributed by atoms with Gasteiger partial charge in [0.05, 0.1) is 11.3 Å². The number of anilines is 1. The summed E-state index contributed by atoms with van der Waals surface area (Å²) in [6.45, 7) is 1.32. The van der Waals surface area contributed by atoms with Gasteiger partial charge in [-0.2, -0.15) is 0 Å². The monoisotopic (exact) mass is 486 g/mol. The molecule has 1 saturated carbocycles. The van der Waals surface area contributed by atoms with E-state index in [1.54, 1.807) is 6.07 Å². The highest BCUT2D eigenvalue weighted by Gasteiger charge is 2.36. The zero-order valence-corrected chi connectivity index (χ0v) is 19.6. The highest BCUT2D eigenvalue weighted by molar-refractivity contribution is 7.90.